The average Bonchev–Trinajstić information content (AvgIpc) is 3.14. The third-order valence-electron chi connectivity index (χ3n) is 8.78. The van der Waals surface area contributed by atoms with Gasteiger partial charge in [-0.3, -0.25) is 9.59 Å². The van der Waals surface area contributed by atoms with Crippen LogP contribution in [0.4, 0.5) is 0 Å². The molecule has 1 aromatic rings. The van der Waals surface area contributed by atoms with Crippen molar-refractivity contribution in [3.63, 3.8) is 0 Å². The minimum Gasteiger partial charge on any atom is -0.467 e. The Morgan fingerprint density at radius 1 is 1.05 bits per heavy atom. The van der Waals surface area contributed by atoms with Crippen LogP contribution in [-0.2, 0) is 43.1 Å². The zero-order valence-corrected chi connectivity index (χ0v) is 22.3. The summed E-state index contributed by atoms with van der Waals surface area (Å²) in [5, 5.41) is 2.65. The molecular weight excluding hydrogens is 494 g/mol. The van der Waals surface area contributed by atoms with Crippen molar-refractivity contribution in [1.82, 2.24) is 5.32 Å². The van der Waals surface area contributed by atoms with E-state index in [0.29, 0.717) is 17.9 Å². The number of methoxy groups -OCH3 is 1. The van der Waals surface area contributed by atoms with E-state index in [1.807, 2.05) is 19.9 Å². The maximum atomic E-state index is 12.8. The fourth-order valence-corrected chi connectivity index (χ4v) is 6.69. The standard InChI is InChI=1S/C28H37NO9/c1-16-10-11-20-17(2)25(35-26-28(20)19(16)14-15-27(3,36-26)37-38-28)34-22(31)13-12-21(30)29-23(24(32)33-4)18-8-6-5-7-9-18/h5-9,16-17,19-20,23,25-26H,10-15H2,1-4H3,(H,29,30)/t16-,17-,19+,20+,23-,25-,26-,27-,28-/m1/s1. The van der Waals surface area contributed by atoms with E-state index < -0.39 is 47.9 Å². The van der Waals surface area contributed by atoms with Gasteiger partial charge in [-0.2, -0.15) is 0 Å². The topological polar surface area (TPSA) is 119 Å². The molecule has 1 spiro atoms. The molecular formula is C28H37NO9. The Labute approximate surface area is 222 Å². The smallest absolute Gasteiger partial charge is 0.333 e. The number of hydrogen-bond donors (Lipinski definition) is 1. The highest BCUT2D eigenvalue weighted by Crippen LogP contribution is 2.60. The lowest BCUT2D eigenvalue weighted by molar-refractivity contribution is -0.576. The van der Waals surface area contributed by atoms with Crippen LogP contribution in [0.3, 0.4) is 0 Å². The summed E-state index contributed by atoms with van der Waals surface area (Å²) in [7, 11) is 1.26. The molecule has 10 nitrogen and oxygen atoms in total. The number of nitrogens with one attached hydrogen (secondary N) is 1. The number of carbonyl (C=O) groups excluding carboxylic acids is 3. The predicted octanol–water partition coefficient (Wildman–Crippen LogP) is 3.55. The number of ether oxygens (including phenoxy) is 4. The molecule has 9 atom stereocenters. The Bertz CT molecular complexity index is 1050. The van der Waals surface area contributed by atoms with Gasteiger partial charge in [0.25, 0.3) is 0 Å². The van der Waals surface area contributed by atoms with E-state index in [9.17, 15) is 14.4 Å². The Balaban J connectivity index is 1.21. The van der Waals surface area contributed by atoms with Crippen molar-refractivity contribution >= 4 is 17.8 Å². The molecule has 1 aliphatic carbocycles. The Morgan fingerprint density at radius 2 is 1.82 bits per heavy atom. The molecule has 5 aliphatic rings. The molecule has 5 fully saturated rings. The number of amides is 1. The van der Waals surface area contributed by atoms with Crippen LogP contribution in [0.25, 0.3) is 0 Å². The summed E-state index contributed by atoms with van der Waals surface area (Å²) in [6.45, 7) is 6.08. The summed E-state index contributed by atoms with van der Waals surface area (Å²) < 4.78 is 23.1. The molecule has 2 bridgehead atoms. The van der Waals surface area contributed by atoms with Crippen LogP contribution in [0.5, 0.6) is 0 Å². The molecule has 0 aromatic heterocycles. The normalized spacial score (nSPS) is 38.3. The molecule has 4 heterocycles. The van der Waals surface area contributed by atoms with Crippen LogP contribution >= 0.6 is 0 Å². The molecule has 6 rings (SSSR count). The van der Waals surface area contributed by atoms with Gasteiger partial charge in [-0.1, -0.05) is 44.2 Å². The van der Waals surface area contributed by atoms with Gasteiger partial charge in [-0.15, -0.1) is 0 Å². The molecule has 0 unspecified atom stereocenters. The number of hydrogen-bond acceptors (Lipinski definition) is 9. The molecule has 1 N–H and O–H groups in total. The van der Waals surface area contributed by atoms with Gasteiger partial charge in [0, 0.05) is 24.7 Å². The predicted molar refractivity (Wildman–Crippen MR) is 131 cm³/mol. The van der Waals surface area contributed by atoms with Crippen LogP contribution in [0, 0.1) is 23.7 Å². The summed E-state index contributed by atoms with van der Waals surface area (Å²) in [6, 6.07) is 7.82. The highest BCUT2D eigenvalue weighted by Gasteiger charge is 2.69. The summed E-state index contributed by atoms with van der Waals surface area (Å²) in [5.74, 6) is -2.03. The molecule has 4 saturated heterocycles. The number of carbonyl (C=O) groups is 3. The van der Waals surface area contributed by atoms with E-state index in [1.165, 1.54) is 7.11 Å². The molecule has 10 heteroatoms. The average molecular weight is 532 g/mol. The van der Waals surface area contributed by atoms with Gasteiger partial charge >= 0.3 is 11.9 Å². The molecule has 38 heavy (non-hydrogen) atoms. The number of benzene rings is 1. The van der Waals surface area contributed by atoms with Crippen LogP contribution in [0.1, 0.15) is 70.9 Å². The van der Waals surface area contributed by atoms with Gasteiger partial charge in [0.2, 0.25) is 18.0 Å². The van der Waals surface area contributed by atoms with Crippen molar-refractivity contribution in [3.8, 4) is 0 Å². The van der Waals surface area contributed by atoms with Gasteiger partial charge in [-0.25, -0.2) is 14.6 Å². The van der Waals surface area contributed by atoms with Crippen molar-refractivity contribution in [2.24, 2.45) is 23.7 Å². The molecule has 1 aromatic carbocycles. The quantitative estimate of drug-likeness (QED) is 0.416. The van der Waals surface area contributed by atoms with Crippen LogP contribution in [-0.4, -0.2) is 48.9 Å². The first kappa shape index (κ1) is 27.1. The summed E-state index contributed by atoms with van der Waals surface area (Å²) in [6.07, 6.45) is 1.66. The van der Waals surface area contributed by atoms with Crippen LogP contribution in [0.2, 0.25) is 0 Å². The fourth-order valence-electron chi connectivity index (χ4n) is 6.69. The largest absolute Gasteiger partial charge is 0.467 e. The maximum Gasteiger partial charge on any atom is 0.333 e. The monoisotopic (exact) mass is 531 g/mol. The van der Waals surface area contributed by atoms with Crippen molar-refractivity contribution in [3.05, 3.63) is 35.9 Å². The molecule has 208 valence electrons. The van der Waals surface area contributed by atoms with Crippen molar-refractivity contribution < 1.29 is 43.1 Å². The lowest BCUT2D eigenvalue weighted by atomic mass is 9.58. The summed E-state index contributed by atoms with van der Waals surface area (Å²) >= 11 is 0. The Kier molecular flexibility index (Phi) is 7.52. The minimum atomic E-state index is -0.962. The van der Waals surface area contributed by atoms with Crippen molar-refractivity contribution in [2.75, 3.05) is 7.11 Å². The van der Waals surface area contributed by atoms with Crippen molar-refractivity contribution in [1.29, 1.82) is 0 Å². The van der Waals surface area contributed by atoms with Gasteiger partial charge in [-0.05, 0) is 43.6 Å². The van der Waals surface area contributed by atoms with Gasteiger partial charge < -0.3 is 24.3 Å². The van der Waals surface area contributed by atoms with E-state index >= 15 is 0 Å². The van der Waals surface area contributed by atoms with Gasteiger partial charge in [0.05, 0.1) is 13.5 Å². The van der Waals surface area contributed by atoms with E-state index in [-0.39, 0.29) is 30.6 Å². The number of fused-ring (bicyclic) bond motifs is 2. The van der Waals surface area contributed by atoms with Crippen molar-refractivity contribution in [2.45, 2.75) is 89.3 Å². The second-order valence-corrected chi connectivity index (χ2v) is 11.2. The third kappa shape index (κ3) is 4.83. The highest BCUT2D eigenvalue weighted by atomic mass is 17.3. The second-order valence-electron chi connectivity index (χ2n) is 11.2. The third-order valence-corrected chi connectivity index (χ3v) is 8.78. The molecule has 1 amide bonds. The molecule has 1 saturated carbocycles. The van der Waals surface area contributed by atoms with E-state index in [1.54, 1.807) is 24.3 Å². The fraction of sp³-hybridized carbons (Fsp3) is 0.679. The first-order valence-electron chi connectivity index (χ1n) is 13.5. The van der Waals surface area contributed by atoms with E-state index in [2.05, 4.69) is 12.2 Å². The lowest BCUT2D eigenvalue weighted by Crippen LogP contribution is -2.70. The zero-order chi connectivity index (χ0) is 27.1. The van der Waals surface area contributed by atoms with E-state index in [0.717, 1.165) is 19.3 Å². The van der Waals surface area contributed by atoms with E-state index in [4.69, 9.17) is 28.7 Å². The highest BCUT2D eigenvalue weighted by molar-refractivity contribution is 5.87. The number of rotatable bonds is 7. The molecule has 0 radical (unpaired) electrons. The minimum absolute atomic E-state index is 0.0258. The lowest BCUT2D eigenvalue weighted by Gasteiger charge is -2.59. The van der Waals surface area contributed by atoms with Crippen LogP contribution < -0.4 is 5.32 Å². The number of esters is 2. The van der Waals surface area contributed by atoms with Crippen LogP contribution in [0.15, 0.2) is 30.3 Å². The summed E-state index contributed by atoms with van der Waals surface area (Å²) in [5.41, 5.74) is -0.151. The first-order chi connectivity index (χ1) is 18.2. The second kappa shape index (κ2) is 10.6. The van der Waals surface area contributed by atoms with Gasteiger partial charge in [0.1, 0.15) is 0 Å². The maximum absolute atomic E-state index is 12.8. The first-order valence-corrected chi connectivity index (χ1v) is 13.5. The molecule has 4 aliphatic heterocycles. The SMILES string of the molecule is COC(=O)[C@H](NC(=O)CCC(=O)O[C@@H]1O[C@@H]2O[C@@]3(C)CC[C@H]4[C@H](C)CC[C@@H]([C@H]1C)[C@@]24OO3)c1ccccc1. The summed E-state index contributed by atoms with van der Waals surface area (Å²) in [4.78, 5) is 49.6. The Morgan fingerprint density at radius 3 is 2.55 bits per heavy atom. The van der Waals surface area contributed by atoms with Gasteiger partial charge in [0.15, 0.2) is 17.9 Å². The Hall–Kier alpha value is -2.53. The zero-order valence-electron chi connectivity index (χ0n) is 22.3.